The van der Waals surface area contributed by atoms with Crippen molar-refractivity contribution in [3.8, 4) is 0 Å². The van der Waals surface area contributed by atoms with Crippen LogP contribution in [0.1, 0.15) is 49.4 Å². The van der Waals surface area contributed by atoms with Gasteiger partial charge in [-0.2, -0.15) is 0 Å². The molecule has 3 heterocycles. The predicted molar refractivity (Wildman–Crippen MR) is 123 cm³/mol. The van der Waals surface area contributed by atoms with Gasteiger partial charge in [-0.15, -0.1) is 11.3 Å². The number of thiophene rings is 1. The first-order valence-corrected chi connectivity index (χ1v) is 11.4. The Bertz CT molecular complexity index is 1120. The van der Waals surface area contributed by atoms with Crippen LogP contribution >= 0.6 is 11.3 Å². The first-order chi connectivity index (χ1) is 14.5. The molecule has 2 N–H and O–H groups in total. The molecule has 1 aromatic carbocycles. The van der Waals surface area contributed by atoms with Crippen molar-refractivity contribution < 1.29 is 4.79 Å². The van der Waals surface area contributed by atoms with Gasteiger partial charge in [-0.05, 0) is 55.5 Å². The van der Waals surface area contributed by atoms with E-state index in [0.29, 0.717) is 24.7 Å². The van der Waals surface area contributed by atoms with E-state index >= 15 is 0 Å². The Morgan fingerprint density at radius 3 is 2.70 bits per heavy atom. The summed E-state index contributed by atoms with van der Waals surface area (Å²) in [5.74, 6) is 1.36. The lowest BCUT2D eigenvalue weighted by Gasteiger charge is -2.16. The highest BCUT2D eigenvalue weighted by atomic mass is 32.1. The number of benzene rings is 1. The molecule has 0 saturated carbocycles. The molecule has 4 rings (SSSR count). The predicted octanol–water partition coefficient (Wildman–Crippen LogP) is 4.62. The number of hydrogen-bond donors (Lipinski definition) is 2. The van der Waals surface area contributed by atoms with Crippen LogP contribution in [0.5, 0.6) is 0 Å². The fourth-order valence-corrected chi connectivity index (χ4v) is 4.98. The molecule has 0 aliphatic carbocycles. The van der Waals surface area contributed by atoms with Crippen molar-refractivity contribution in [1.82, 2.24) is 9.97 Å². The number of fused-ring (bicyclic) bond motifs is 1. The van der Waals surface area contributed by atoms with Crippen molar-refractivity contribution in [2.24, 2.45) is 5.92 Å². The van der Waals surface area contributed by atoms with Gasteiger partial charge in [0.05, 0.1) is 11.9 Å². The molecule has 2 aromatic heterocycles. The lowest BCUT2D eigenvalue weighted by molar-refractivity contribution is -0.117. The first-order valence-electron chi connectivity index (χ1n) is 10.6. The second-order valence-electron chi connectivity index (χ2n) is 8.10. The third-order valence-corrected chi connectivity index (χ3v) is 6.91. The van der Waals surface area contributed by atoms with E-state index in [1.807, 2.05) is 29.2 Å². The molecule has 0 spiro atoms. The van der Waals surface area contributed by atoms with Crippen molar-refractivity contribution >= 4 is 38.8 Å². The van der Waals surface area contributed by atoms with Crippen molar-refractivity contribution in [2.45, 2.75) is 53.0 Å². The maximum atomic E-state index is 12.8. The lowest BCUT2D eigenvalue weighted by atomic mass is 9.98. The minimum Gasteiger partial charge on any atom is -0.378 e. The number of aryl methyl sites for hydroxylation is 1. The molecule has 1 fully saturated rings. The number of carbonyl (C=O) groups is 1. The van der Waals surface area contributed by atoms with Crippen LogP contribution in [0.15, 0.2) is 29.1 Å². The summed E-state index contributed by atoms with van der Waals surface area (Å²) in [4.78, 5) is 36.1. The van der Waals surface area contributed by atoms with E-state index in [0.717, 1.165) is 53.0 Å². The number of aromatic nitrogens is 2. The number of anilines is 2. The molecule has 7 heteroatoms. The number of nitrogens with zero attached hydrogens (tertiary/aromatic N) is 2. The first kappa shape index (κ1) is 20.6. The smallest absolute Gasteiger partial charge is 0.259 e. The number of amides is 1. The van der Waals surface area contributed by atoms with Gasteiger partial charge in [0.2, 0.25) is 5.91 Å². The van der Waals surface area contributed by atoms with Gasteiger partial charge < -0.3 is 15.2 Å². The molecule has 0 radical (unpaired) electrons. The topological polar surface area (TPSA) is 78.1 Å². The number of rotatable bonds is 7. The molecule has 1 aliphatic heterocycles. The van der Waals surface area contributed by atoms with Gasteiger partial charge in [0, 0.05) is 29.2 Å². The number of hydrogen-bond acceptors (Lipinski definition) is 5. The summed E-state index contributed by atoms with van der Waals surface area (Å²) >= 11 is 1.60. The van der Waals surface area contributed by atoms with E-state index in [2.05, 4.69) is 31.1 Å². The summed E-state index contributed by atoms with van der Waals surface area (Å²) in [5.41, 5.74) is 2.94. The average Bonchev–Trinajstić information content (AvgIpc) is 3.30. The van der Waals surface area contributed by atoms with Gasteiger partial charge in [0.15, 0.2) is 0 Å². The Morgan fingerprint density at radius 2 is 2.03 bits per heavy atom. The molecule has 1 atom stereocenters. The van der Waals surface area contributed by atoms with Gasteiger partial charge in [-0.3, -0.25) is 9.59 Å². The Morgan fingerprint density at radius 1 is 1.27 bits per heavy atom. The van der Waals surface area contributed by atoms with Crippen LogP contribution in [0, 0.1) is 12.8 Å². The lowest BCUT2D eigenvalue weighted by Crippen LogP contribution is -2.23. The number of carbonyl (C=O) groups excluding carboxylic acids is 1. The zero-order valence-electron chi connectivity index (χ0n) is 17.7. The Labute approximate surface area is 180 Å². The van der Waals surface area contributed by atoms with Gasteiger partial charge >= 0.3 is 0 Å². The summed E-state index contributed by atoms with van der Waals surface area (Å²) in [6, 6.07) is 7.82. The third kappa shape index (κ3) is 4.12. The molecule has 1 aliphatic rings. The third-order valence-electron chi connectivity index (χ3n) is 5.87. The zero-order valence-corrected chi connectivity index (χ0v) is 18.6. The molecule has 3 aromatic rings. The van der Waals surface area contributed by atoms with Crippen LogP contribution in [0.3, 0.4) is 0 Å². The van der Waals surface area contributed by atoms with Crippen molar-refractivity contribution in [2.75, 3.05) is 16.8 Å². The zero-order chi connectivity index (χ0) is 21.3. The average molecular weight is 425 g/mol. The molecular formula is C23H28N4O2S. The van der Waals surface area contributed by atoms with E-state index in [-0.39, 0.29) is 11.5 Å². The van der Waals surface area contributed by atoms with Crippen molar-refractivity contribution in [3.63, 3.8) is 0 Å². The van der Waals surface area contributed by atoms with Gasteiger partial charge in [-0.25, -0.2) is 4.98 Å². The fraction of sp³-hybridized carbons (Fsp3) is 0.435. The monoisotopic (exact) mass is 424 g/mol. The van der Waals surface area contributed by atoms with Crippen LogP contribution in [-0.4, -0.2) is 22.4 Å². The molecule has 0 bridgehead atoms. The quantitative estimate of drug-likeness (QED) is 0.580. The maximum absolute atomic E-state index is 12.8. The second-order valence-corrected chi connectivity index (χ2v) is 9.30. The van der Waals surface area contributed by atoms with Crippen LogP contribution in [0.2, 0.25) is 0 Å². The number of aromatic amines is 1. The van der Waals surface area contributed by atoms with Crippen molar-refractivity contribution in [3.05, 3.63) is 50.9 Å². The summed E-state index contributed by atoms with van der Waals surface area (Å²) in [6.07, 6.45) is 3.55. The van der Waals surface area contributed by atoms with Crippen LogP contribution in [-0.2, 0) is 17.8 Å². The summed E-state index contributed by atoms with van der Waals surface area (Å²) in [7, 11) is 0. The molecular weight excluding hydrogens is 396 g/mol. The van der Waals surface area contributed by atoms with E-state index in [9.17, 15) is 9.59 Å². The summed E-state index contributed by atoms with van der Waals surface area (Å²) in [6.45, 7) is 7.69. The second kappa shape index (κ2) is 8.60. The molecule has 1 amide bonds. The number of H-pyrrole nitrogens is 1. The number of nitrogens with one attached hydrogen (secondary N) is 2. The SMILES string of the molecule is CC[C@@H](C)Cc1c(C)sc2nc(CNc3ccc(N4CCCC4=O)cc3)[nH]c(=O)c12. The summed E-state index contributed by atoms with van der Waals surface area (Å²) < 4.78 is 0. The highest BCUT2D eigenvalue weighted by Gasteiger charge is 2.21. The molecule has 6 nitrogen and oxygen atoms in total. The van der Waals surface area contributed by atoms with Gasteiger partial charge in [0.1, 0.15) is 10.7 Å². The maximum Gasteiger partial charge on any atom is 0.259 e. The fourth-order valence-electron chi connectivity index (χ4n) is 3.91. The van der Waals surface area contributed by atoms with Crippen LogP contribution in [0.25, 0.3) is 10.2 Å². The van der Waals surface area contributed by atoms with E-state index in [1.54, 1.807) is 11.3 Å². The van der Waals surface area contributed by atoms with E-state index in [1.165, 1.54) is 4.88 Å². The molecule has 0 unspecified atom stereocenters. The van der Waals surface area contributed by atoms with Gasteiger partial charge in [0.25, 0.3) is 5.56 Å². The summed E-state index contributed by atoms with van der Waals surface area (Å²) in [5, 5.41) is 4.06. The molecule has 30 heavy (non-hydrogen) atoms. The van der Waals surface area contributed by atoms with Gasteiger partial charge in [-0.1, -0.05) is 20.3 Å². The minimum atomic E-state index is -0.0534. The van der Waals surface area contributed by atoms with Crippen LogP contribution < -0.4 is 15.8 Å². The minimum absolute atomic E-state index is 0.0534. The highest BCUT2D eigenvalue weighted by Crippen LogP contribution is 2.29. The van der Waals surface area contributed by atoms with E-state index in [4.69, 9.17) is 4.98 Å². The van der Waals surface area contributed by atoms with E-state index < -0.39 is 0 Å². The largest absolute Gasteiger partial charge is 0.378 e. The van der Waals surface area contributed by atoms with Crippen LogP contribution in [0.4, 0.5) is 11.4 Å². The highest BCUT2D eigenvalue weighted by molar-refractivity contribution is 7.18. The Kier molecular flexibility index (Phi) is 5.90. The normalized spacial score (nSPS) is 15.2. The molecule has 158 valence electrons. The standard InChI is InChI=1S/C23H28N4O2S/c1-4-14(2)12-18-15(3)30-23-21(18)22(29)25-19(26-23)13-24-16-7-9-17(10-8-16)27-11-5-6-20(27)28/h7-10,14,24H,4-6,11-13H2,1-3H3,(H,25,26,29)/t14-/m1/s1. The Hall–Kier alpha value is -2.67. The Balaban J connectivity index is 1.49. The molecule has 1 saturated heterocycles. The van der Waals surface area contributed by atoms with Crippen molar-refractivity contribution in [1.29, 1.82) is 0 Å².